The number of pyridine rings is 1. The van der Waals surface area contributed by atoms with Crippen molar-refractivity contribution in [2.24, 2.45) is 0 Å². The number of fused-ring (bicyclic) bond motifs is 1. The summed E-state index contributed by atoms with van der Waals surface area (Å²) < 4.78 is 1.74. The summed E-state index contributed by atoms with van der Waals surface area (Å²) in [6, 6.07) is 13.2. The summed E-state index contributed by atoms with van der Waals surface area (Å²) in [5.74, 6) is -0.0841. The Morgan fingerprint density at radius 1 is 1.09 bits per heavy atom. The molecule has 1 amide bonds. The van der Waals surface area contributed by atoms with E-state index in [9.17, 15) is 4.79 Å². The van der Waals surface area contributed by atoms with Gasteiger partial charge in [0.15, 0.2) is 0 Å². The Bertz CT molecular complexity index is 903. The summed E-state index contributed by atoms with van der Waals surface area (Å²) in [6.07, 6.45) is 1.74. The van der Waals surface area contributed by atoms with Crippen molar-refractivity contribution in [3.8, 4) is 22.5 Å². The number of aromatic nitrogens is 3. The number of benzene rings is 1. The third-order valence-corrected chi connectivity index (χ3v) is 4.03. The Morgan fingerprint density at radius 2 is 1.96 bits per heavy atom. The zero-order valence-corrected chi connectivity index (χ0v) is 12.9. The Kier molecular flexibility index (Phi) is 3.35. The van der Waals surface area contributed by atoms with Gasteiger partial charge in [-0.1, -0.05) is 23.7 Å². The van der Waals surface area contributed by atoms with Crippen LogP contribution in [0, 0.1) is 0 Å². The topological polar surface area (TPSA) is 59.8 Å². The molecule has 0 fully saturated rings. The molecule has 1 aliphatic rings. The van der Waals surface area contributed by atoms with Crippen LogP contribution in [0.3, 0.4) is 0 Å². The smallest absolute Gasteiger partial charge is 0.269 e. The molecule has 3 aromatic rings. The third-order valence-electron chi connectivity index (χ3n) is 3.80. The first-order chi connectivity index (χ1) is 11.2. The summed E-state index contributed by atoms with van der Waals surface area (Å²) in [5.41, 5.74) is 4.04. The van der Waals surface area contributed by atoms with Gasteiger partial charge in [0.2, 0.25) is 0 Å². The van der Waals surface area contributed by atoms with Crippen LogP contribution < -0.4 is 5.32 Å². The predicted molar refractivity (Wildman–Crippen MR) is 88.2 cm³/mol. The molecule has 114 valence electrons. The molecule has 1 aromatic carbocycles. The van der Waals surface area contributed by atoms with Crippen molar-refractivity contribution in [3.05, 3.63) is 59.4 Å². The molecular weight excluding hydrogens is 312 g/mol. The van der Waals surface area contributed by atoms with E-state index in [0.717, 1.165) is 22.5 Å². The fourth-order valence-corrected chi connectivity index (χ4v) is 2.86. The molecule has 2 aromatic heterocycles. The quantitative estimate of drug-likeness (QED) is 0.788. The van der Waals surface area contributed by atoms with Gasteiger partial charge in [0, 0.05) is 28.9 Å². The van der Waals surface area contributed by atoms with Gasteiger partial charge in [0.05, 0.1) is 17.9 Å². The zero-order chi connectivity index (χ0) is 15.8. The van der Waals surface area contributed by atoms with Crippen molar-refractivity contribution in [1.82, 2.24) is 20.1 Å². The van der Waals surface area contributed by atoms with Crippen LogP contribution in [0.4, 0.5) is 0 Å². The maximum atomic E-state index is 11.9. The molecule has 5 nitrogen and oxygen atoms in total. The van der Waals surface area contributed by atoms with Crippen LogP contribution in [-0.4, -0.2) is 27.2 Å². The van der Waals surface area contributed by atoms with Crippen molar-refractivity contribution in [2.45, 2.75) is 6.54 Å². The molecule has 0 spiro atoms. The van der Waals surface area contributed by atoms with Crippen molar-refractivity contribution >= 4 is 17.5 Å². The highest BCUT2D eigenvalue weighted by molar-refractivity contribution is 6.30. The SMILES string of the molecule is O=C1NCCn2nc(-c3ccnc(-c4cccc(Cl)c4)c3)cc21. The lowest BCUT2D eigenvalue weighted by molar-refractivity contribution is 0.0924. The monoisotopic (exact) mass is 324 g/mol. The van der Waals surface area contributed by atoms with E-state index in [1.807, 2.05) is 42.5 Å². The van der Waals surface area contributed by atoms with Crippen LogP contribution in [0.25, 0.3) is 22.5 Å². The molecular formula is C17H13ClN4O. The van der Waals surface area contributed by atoms with E-state index >= 15 is 0 Å². The summed E-state index contributed by atoms with van der Waals surface area (Å²) in [7, 11) is 0. The molecule has 0 aliphatic carbocycles. The number of amides is 1. The second-order valence-electron chi connectivity index (χ2n) is 5.33. The van der Waals surface area contributed by atoms with Crippen molar-refractivity contribution in [3.63, 3.8) is 0 Å². The predicted octanol–water partition coefficient (Wildman–Crippen LogP) is 3.01. The van der Waals surface area contributed by atoms with E-state index in [-0.39, 0.29) is 5.91 Å². The molecule has 4 rings (SSSR count). The number of rotatable bonds is 2. The van der Waals surface area contributed by atoms with Crippen LogP contribution in [0.2, 0.25) is 5.02 Å². The molecule has 0 unspecified atom stereocenters. The fourth-order valence-electron chi connectivity index (χ4n) is 2.67. The average Bonchev–Trinajstić information content (AvgIpc) is 3.01. The van der Waals surface area contributed by atoms with E-state index in [4.69, 9.17) is 11.6 Å². The minimum atomic E-state index is -0.0841. The number of nitrogens with one attached hydrogen (secondary N) is 1. The van der Waals surface area contributed by atoms with E-state index in [1.165, 1.54) is 0 Å². The summed E-state index contributed by atoms with van der Waals surface area (Å²) in [5, 5.41) is 8.02. The molecule has 0 saturated carbocycles. The van der Waals surface area contributed by atoms with Gasteiger partial charge in [-0.05, 0) is 30.3 Å². The van der Waals surface area contributed by atoms with Crippen molar-refractivity contribution in [2.75, 3.05) is 6.54 Å². The largest absolute Gasteiger partial charge is 0.349 e. The van der Waals surface area contributed by atoms with Crippen LogP contribution >= 0.6 is 11.6 Å². The molecule has 0 saturated heterocycles. The summed E-state index contributed by atoms with van der Waals surface area (Å²) in [4.78, 5) is 16.3. The van der Waals surface area contributed by atoms with Gasteiger partial charge in [0.25, 0.3) is 5.91 Å². The maximum absolute atomic E-state index is 11.9. The average molecular weight is 325 g/mol. The van der Waals surface area contributed by atoms with Crippen LogP contribution in [0.1, 0.15) is 10.5 Å². The molecule has 1 aliphatic heterocycles. The second kappa shape index (κ2) is 5.52. The van der Waals surface area contributed by atoms with Crippen LogP contribution in [0.5, 0.6) is 0 Å². The van der Waals surface area contributed by atoms with Gasteiger partial charge in [-0.2, -0.15) is 5.10 Å². The Hall–Kier alpha value is -2.66. The summed E-state index contributed by atoms with van der Waals surface area (Å²) in [6.45, 7) is 1.30. The highest BCUT2D eigenvalue weighted by Crippen LogP contribution is 2.26. The van der Waals surface area contributed by atoms with E-state index in [1.54, 1.807) is 10.9 Å². The number of carbonyl (C=O) groups is 1. The minimum absolute atomic E-state index is 0.0841. The number of hydrogen-bond donors (Lipinski definition) is 1. The lowest BCUT2D eigenvalue weighted by Gasteiger charge is -2.13. The normalized spacial score (nSPS) is 13.5. The van der Waals surface area contributed by atoms with E-state index in [2.05, 4.69) is 15.4 Å². The highest BCUT2D eigenvalue weighted by atomic mass is 35.5. The van der Waals surface area contributed by atoms with Crippen molar-refractivity contribution < 1.29 is 4.79 Å². The number of nitrogens with zero attached hydrogens (tertiary/aromatic N) is 3. The maximum Gasteiger partial charge on any atom is 0.269 e. The second-order valence-corrected chi connectivity index (χ2v) is 5.77. The zero-order valence-electron chi connectivity index (χ0n) is 12.2. The van der Waals surface area contributed by atoms with Gasteiger partial charge in [-0.15, -0.1) is 0 Å². The van der Waals surface area contributed by atoms with Gasteiger partial charge in [-0.3, -0.25) is 14.5 Å². The van der Waals surface area contributed by atoms with E-state index < -0.39 is 0 Å². The molecule has 6 heteroatoms. The molecule has 23 heavy (non-hydrogen) atoms. The first-order valence-electron chi connectivity index (χ1n) is 7.29. The van der Waals surface area contributed by atoms with E-state index in [0.29, 0.717) is 23.8 Å². The third kappa shape index (κ3) is 2.59. The Labute approximate surface area is 137 Å². The molecule has 0 bridgehead atoms. The van der Waals surface area contributed by atoms with Gasteiger partial charge in [0.1, 0.15) is 5.69 Å². The molecule has 1 N–H and O–H groups in total. The van der Waals surface area contributed by atoms with Gasteiger partial charge < -0.3 is 5.32 Å². The highest BCUT2D eigenvalue weighted by Gasteiger charge is 2.19. The number of hydrogen-bond acceptors (Lipinski definition) is 3. The Balaban J connectivity index is 1.76. The van der Waals surface area contributed by atoms with Crippen LogP contribution in [-0.2, 0) is 6.54 Å². The number of carbonyl (C=O) groups excluding carboxylic acids is 1. The first kappa shape index (κ1) is 14.0. The first-order valence-corrected chi connectivity index (χ1v) is 7.67. The van der Waals surface area contributed by atoms with Crippen molar-refractivity contribution in [1.29, 1.82) is 0 Å². The number of halogens is 1. The Morgan fingerprint density at radius 3 is 2.78 bits per heavy atom. The summed E-state index contributed by atoms with van der Waals surface area (Å²) >= 11 is 6.05. The molecule has 3 heterocycles. The minimum Gasteiger partial charge on any atom is -0.349 e. The van der Waals surface area contributed by atoms with Gasteiger partial charge >= 0.3 is 0 Å². The molecule has 0 atom stereocenters. The lowest BCUT2D eigenvalue weighted by atomic mass is 10.1. The van der Waals surface area contributed by atoms with Crippen LogP contribution in [0.15, 0.2) is 48.7 Å². The standard InChI is InChI=1S/C17H13ClN4O/c18-13-3-1-2-11(8-13)14-9-12(4-5-19-14)15-10-16-17(23)20-6-7-22(16)21-15/h1-5,8-10H,6-7H2,(H,20,23). The lowest BCUT2D eigenvalue weighted by Crippen LogP contribution is -2.35. The van der Waals surface area contributed by atoms with Gasteiger partial charge in [-0.25, -0.2) is 0 Å². The fraction of sp³-hybridized carbons (Fsp3) is 0.118. The molecule has 0 radical (unpaired) electrons.